The van der Waals surface area contributed by atoms with Crippen molar-refractivity contribution in [3.63, 3.8) is 0 Å². The first-order chi connectivity index (χ1) is 17.1. The molecular weight excluding hydrogens is 437 g/mol. The van der Waals surface area contributed by atoms with E-state index in [2.05, 4.69) is 51.2 Å². The lowest BCUT2D eigenvalue weighted by Gasteiger charge is -2.32. The predicted octanol–water partition coefficient (Wildman–Crippen LogP) is 5.57. The minimum absolute atomic E-state index is 0.104. The summed E-state index contributed by atoms with van der Waals surface area (Å²) in [6.45, 7) is 5.59. The number of aromatic nitrogens is 1. The molecule has 0 saturated carbocycles. The Bertz CT molecular complexity index is 1290. The number of halogens is 1. The fourth-order valence-corrected chi connectivity index (χ4v) is 5.20. The van der Waals surface area contributed by atoms with Crippen LogP contribution in [-0.4, -0.2) is 41.1 Å². The molecule has 1 amide bonds. The van der Waals surface area contributed by atoms with Crippen LogP contribution in [0.1, 0.15) is 40.0 Å². The molecule has 180 valence electrons. The molecule has 1 N–H and O–H groups in total. The number of nitrogens with one attached hydrogen (secondary N) is 1. The highest BCUT2D eigenvalue weighted by Gasteiger charge is 2.25. The van der Waals surface area contributed by atoms with Gasteiger partial charge in [-0.1, -0.05) is 60.7 Å². The normalized spacial score (nSPS) is 14.9. The molecule has 1 fully saturated rings. The number of amides is 1. The number of rotatable bonds is 7. The van der Waals surface area contributed by atoms with Gasteiger partial charge in [0.1, 0.15) is 5.82 Å². The summed E-state index contributed by atoms with van der Waals surface area (Å²) in [6, 6.07) is 25.6. The molecule has 1 aliphatic heterocycles. The average molecular weight is 470 g/mol. The van der Waals surface area contributed by atoms with Crippen LogP contribution in [0.2, 0.25) is 0 Å². The lowest BCUT2D eigenvalue weighted by Crippen LogP contribution is -2.45. The van der Waals surface area contributed by atoms with Crippen molar-refractivity contribution in [1.82, 2.24) is 14.8 Å². The summed E-state index contributed by atoms with van der Waals surface area (Å²) in [5.41, 5.74) is 4.84. The van der Waals surface area contributed by atoms with Crippen LogP contribution in [0.3, 0.4) is 0 Å². The standard InChI is InChI=1S/C30H32FN3O/c1-22-29(27-20-25(31)12-13-28(27)34(22)21-24-10-6-3-7-11-24)30(35)32-26-15-18-33(19-16-26)17-14-23-8-4-2-5-9-23/h2-13,20,26H,14-19,21H2,1H3,(H,32,35). The molecule has 0 spiro atoms. The maximum absolute atomic E-state index is 14.2. The summed E-state index contributed by atoms with van der Waals surface area (Å²) in [6.07, 6.45) is 2.90. The second-order valence-corrected chi connectivity index (χ2v) is 9.52. The predicted molar refractivity (Wildman–Crippen MR) is 139 cm³/mol. The Hall–Kier alpha value is -3.44. The van der Waals surface area contributed by atoms with Crippen LogP contribution in [0.15, 0.2) is 78.9 Å². The maximum Gasteiger partial charge on any atom is 0.253 e. The third-order valence-corrected chi connectivity index (χ3v) is 7.18. The van der Waals surface area contributed by atoms with E-state index in [1.807, 2.05) is 31.2 Å². The topological polar surface area (TPSA) is 37.3 Å². The fraction of sp³-hybridized carbons (Fsp3) is 0.300. The molecule has 4 aromatic rings. The first-order valence-corrected chi connectivity index (χ1v) is 12.5. The van der Waals surface area contributed by atoms with Crippen LogP contribution in [0.5, 0.6) is 0 Å². The number of carbonyl (C=O) groups is 1. The Morgan fingerprint density at radius 2 is 1.60 bits per heavy atom. The molecule has 35 heavy (non-hydrogen) atoms. The summed E-state index contributed by atoms with van der Waals surface area (Å²) >= 11 is 0. The smallest absolute Gasteiger partial charge is 0.253 e. The molecule has 5 rings (SSSR count). The Balaban J connectivity index is 1.28. The third-order valence-electron chi connectivity index (χ3n) is 7.18. The van der Waals surface area contributed by atoms with Gasteiger partial charge in [-0.3, -0.25) is 4.79 Å². The highest BCUT2D eigenvalue weighted by molar-refractivity contribution is 6.08. The van der Waals surface area contributed by atoms with Gasteiger partial charge in [-0.2, -0.15) is 0 Å². The number of piperidine rings is 1. The molecule has 3 aromatic carbocycles. The zero-order valence-electron chi connectivity index (χ0n) is 20.2. The van der Waals surface area contributed by atoms with E-state index in [-0.39, 0.29) is 17.8 Å². The molecule has 1 saturated heterocycles. The van der Waals surface area contributed by atoms with Crippen LogP contribution >= 0.6 is 0 Å². The number of benzene rings is 3. The minimum Gasteiger partial charge on any atom is -0.349 e. The molecule has 5 heteroatoms. The summed E-state index contributed by atoms with van der Waals surface area (Å²) in [5.74, 6) is -0.428. The minimum atomic E-state index is -0.324. The monoisotopic (exact) mass is 469 g/mol. The van der Waals surface area contributed by atoms with Gasteiger partial charge in [0.05, 0.1) is 5.56 Å². The van der Waals surface area contributed by atoms with Gasteiger partial charge in [0.2, 0.25) is 0 Å². The van der Waals surface area contributed by atoms with Gasteiger partial charge in [0.25, 0.3) is 5.91 Å². The summed E-state index contributed by atoms with van der Waals surface area (Å²) in [7, 11) is 0. The summed E-state index contributed by atoms with van der Waals surface area (Å²) in [5, 5.41) is 3.93. The van der Waals surface area contributed by atoms with E-state index in [4.69, 9.17) is 0 Å². The fourth-order valence-electron chi connectivity index (χ4n) is 5.20. The second kappa shape index (κ2) is 10.4. The van der Waals surface area contributed by atoms with Gasteiger partial charge >= 0.3 is 0 Å². The molecule has 1 aromatic heterocycles. The molecule has 0 aliphatic carbocycles. The molecule has 1 aliphatic rings. The van der Waals surface area contributed by atoms with Crippen LogP contribution < -0.4 is 5.32 Å². The Labute approximate surface area is 206 Å². The van der Waals surface area contributed by atoms with Crippen molar-refractivity contribution in [2.45, 2.75) is 38.8 Å². The molecule has 0 bridgehead atoms. The van der Waals surface area contributed by atoms with E-state index in [0.29, 0.717) is 17.5 Å². The van der Waals surface area contributed by atoms with Crippen LogP contribution in [0.4, 0.5) is 4.39 Å². The van der Waals surface area contributed by atoms with Crippen molar-refractivity contribution in [1.29, 1.82) is 0 Å². The van der Waals surface area contributed by atoms with Crippen molar-refractivity contribution in [2.75, 3.05) is 19.6 Å². The largest absolute Gasteiger partial charge is 0.349 e. The van der Waals surface area contributed by atoms with Crippen LogP contribution in [-0.2, 0) is 13.0 Å². The molecule has 0 radical (unpaired) electrons. The van der Waals surface area contributed by atoms with Crippen LogP contribution in [0, 0.1) is 12.7 Å². The number of hydrogen-bond acceptors (Lipinski definition) is 2. The van der Waals surface area contributed by atoms with Gasteiger partial charge in [-0.05, 0) is 55.5 Å². The van der Waals surface area contributed by atoms with Gasteiger partial charge in [-0.15, -0.1) is 0 Å². The summed E-state index contributed by atoms with van der Waals surface area (Å²) < 4.78 is 16.3. The van der Waals surface area contributed by atoms with Gasteiger partial charge in [0.15, 0.2) is 0 Å². The van der Waals surface area contributed by atoms with Crippen molar-refractivity contribution < 1.29 is 9.18 Å². The second-order valence-electron chi connectivity index (χ2n) is 9.52. The van der Waals surface area contributed by atoms with Gasteiger partial charge < -0.3 is 14.8 Å². The lowest BCUT2D eigenvalue weighted by atomic mass is 10.0. The van der Waals surface area contributed by atoms with Gasteiger partial charge in [0, 0.05) is 48.8 Å². The third kappa shape index (κ3) is 5.30. The molecule has 4 nitrogen and oxygen atoms in total. The number of fused-ring (bicyclic) bond motifs is 1. The van der Waals surface area contributed by atoms with Crippen molar-refractivity contribution in [3.8, 4) is 0 Å². The Morgan fingerprint density at radius 1 is 0.943 bits per heavy atom. The SMILES string of the molecule is Cc1c(C(=O)NC2CCN(CCc3ccccc3)CC2)c2cc(F)ccc2n1Cc1ccccc1. The van der Waals surface area contributed by atoms with E-state index in [1.54, 1.807) is 6.07 Å². The highest BCUT2D eigenvalue weighted by Crippen LogP contribution is 2.28. The molecule has 2 heterocycles. The van der Waals surface area contributed by atoms with E-state index in [1.165, 1.54) is 17.7 Å². The zero-order chi connectivity index (χ0) is 24.2. The summed E-state index contributed by atoms with van der Waals surface area (Å²) in [4.78, 5) is 15.9. The van der Waals surface area contributed by atoms with E-state index >= 15 is 0 Å². The van der Waals surface area contributed by atoms with E-state index in [9.17, 15) is 9.18 Å². The first kappa shape index (κ1) is 23.3. The zero-order valence-corrected chi connectivity index (χ0v) is 20.2. The first-order valence-electron chi connectivity index (χ1n) is 12.5. The van der Waals surface area contributed by atoms with Gasteiger partial charge in [-0.25, -0.2) is 4.39 Å². The van der Waals surface area contributed by atoms with Crippen molar-refractivity contribution >= 4 is 16.8 Å². The molecular formula is C30H32FN3O. The lowest BCUT2D eigenvalue weighted by molar-refractivity contribution is 0.0912. The number of hydrogen-bond donors (Lipinski definition) is 1. The highest BCUT2D eigenvalue weighted by atomic mass is 19.1. The van der Waals surface area contributed by atoms with E-state index in [0.717, 1.165) is 55.7 Å². The molecule has 0 atom stereocenters. The number of carbonyl (C=O) groups excluding carboxylic acids is 1. The Kier molecular flexibility index (Phi) is 6.96. The number of nitrogens with zero attached hydrogens (tertiary/aromatic N) is 2. The van der Waals surface area contributed by atoms with E-state index < -0.39 is 0 Å². The number of likely N-dealkylation sites (tertiary alicyclic amines) is 1. The average Bonchev–Trinajstić information content (AvgIpc) is 3.15. The maximum atomic E-state index is 14.2. The quantitative estimate of drug-likeness (QED) is 0.384. The molecule has 0 unspecified atom stereocenters. The van der Waals surface area contributed by atoms with Crippen LogP contribution in [0.25, 0.3) is 10.9 Å². The van der Waals surface area contributed by atoms with Crippen molar-refractivity contribution in [2.24, 2.45) is 0 Å². The van der Waals surface area contributed by atoms with Crippen molar-refractivity contribution in [3.05, 3.63) is 107 Å². The Morgan fingerprint density at radius 3 is 2.29 bits per heavy atom.